The van der Waals surface area contributed by atoms with Crippen molar-refractivity contribution < 1.29 is 48.9 Å². The minimum absolute atomic E-state index is 0. The first-order chi connectivity index (χ1) is 6.72. The minimum atomic E-state index is -1.21. The maximum Gasteiger partial charge on any atom is 1.00 e. The molecule has 0 saturated heterocycles. The first-order valence-corrected chi connectivity index (χ1v) is 4.13. The van der Waals surface area contributed by atoms with Gasteiger partial charge in [-0.05, 0) is 17.7 Å². The molecule has 0 amide bonds. The quantitative estimate of drug-likeness (QED) is 0.493. The molecule has 0 fully saturated rings. The van der Waals surface area contributed by atoms with E-state index in [1.807, 2.05) is 12.1 Å². The van der Waals surface area contributed by atoms with E-state index in [0.717, 1.165) is 11.3 Å². The fourth-order valence-corrected chi connectivity index (χ4v) is 0.974. The number of carboxylic acids is 1. The van der Waals surface area contributed by atoms with Gasteiger partial charge in [-0.1, -0.05) is 12.1 Å². The Bertz CT molecular complexity index is 297. The van der Waals surface area contributed by atoms with Gasteiger partial charge in [0, 0.05) is 0 Å². The third-order valence-corrected chi connectivity index (χ3v) is 1.65. The number of carboxylic acid groups (broad SMARTS) is 1. The van der Waals surface area contributed by atoms with E-state index < -0.39 is 5.97 Å². The number of hydrogen-bond donors (Lipinski definition) is 0. The first kappa shape index (κ1) is 14.5. The van der Waals surface area contributed by atoms with Crippen molar-refractivity contribution >= 4 is 5.97 Å². The van der Waals surface area contributed by atoms with Crippen molar-refractivity contribution in [2.75, 3.05) is 13.7 Å². The van der Waals surface area contributed by atoms with Crippen molar-refractivity contribution in [3.8, 4) is 5.75 Å². The van der Waals surface area contributed by atoms with Crippen LogP contribution in [0.2, 0.25) is 0 Å². The zero-order valence-electron chi connectivity index (χ0n) is 8.86. The van der Waals surface area contributed by atoms with Gasteiger partial charge in [0.2, 0.25) is 0 Å². The molecule has 76 valence electrons. The number of ether oxygens (including phenoxy) is 2. The van der Waals surface area contributed by atoms with Gasteiger partial charge in [-0.25, -0.2) is 0 Å². The predicted molar refractivity (Wildman–Crippen MR) is 47.7 cm³/mol. The van der Waals surface area contributed by atoms with Crippen molar-refractivity contribution in [1.82, 2.24) is 0 Å². The number of benzene rings is 1. The summed E-state index contributed by atoms with van der Waals surface area (Å²) in [6.07, 6.45) is 0. The Morgan fingerprint density at radius 2 is 1.93 bits per heavy atom. The van der Waals surface area contributed by atoms with Crippen molar-refractivity contribution in [1.29, 1.82) is 0 Å². The normalized spacial score (nSPS) is 9.13. The van der Waals surface area contributed by atoms with Crippen LogP contribution in [0.1, 0.15) is 5.56 Å². The first-order valence-electron chi connectivity index (χ1n) is 4.13. The van der Waals surface area contributed by atoms with Gasteiger partial charge in [-0.2, -0.15) is 0 Å². The molecule has 0 aliphatic rings. The summed E-state index contributed by atoms with van der Waals surface area (Å²) in [4.78, 5) is 10.0. The van der Waals surface area contributed by atoms with Gasteiger partial charge in [-0.15, -0.1) is 0 Å². The predicted octanol–water partition coefficient (Wildman–Crippen LogP) is -3.03. The molecule has 0 heterocycles. The molecule has 15 heavy (non-hydrogen) atoms. The molecule has 0 saturated carbocycles. The fourth-order valence-electron chi connectivity index (χ4n) is 0.974. The zero-order valence-corrected chi connectivity index (χ0v) is 10.9. The van der Waals surface area contributed by atoms with Crippen LogP contribution in [0.3, 0.4) is 0 Å². The molecule has 0 aromatic heterocycles. The molecule has 0 unspecified atom stereocenters. The number of rotatable bonds is 5. The summed E-state index contributed by atoms with van der Waals surface area (Å²) >= 11 is 0. The molecule has 0 atom stereocenters. The van der Waals surface area contributed by atoms with E-state index >= 15 is 0 Å². The summed E-state index contributed by atoms with van der Waals surface area (Å²) in [5.74, 6) is -0.452. The number of aliphatic carboxylic acids is 1. The SMILES string of the molecule is COc1ccc(COCC(=O)[O-])cc1.[Na+]. The summed E-state index contributed by atoms with van der Waals surface area (Å²) in [5, 5.41) is 10.0. The Morgan fingerprint density at radius 1 is 1.33 bits per heavy atom. The summed E-state index contributed by atoms with van der Waals surface area (Å²) in [6, 6.07) is 7.21. The van der Waals surface area contributed by atoms with Gasteiger partial charge >= 0.3 is 29.6 Å². The van der Waals surface area contributed by atoms with Gasteiger partial charge in [0.25, 0.3) is 0 Å². The molecule has 1 aromatic carbocycles. The van der Waals surface area contributed by atoms with Crippen LogP contribution in [0, 0.1) is 0 Å². The van der Waals surface area contributed by atoms with Crippen LogP contribution in [0.5, 0.6) is 5.75 Å². The van der Waals surface area contributed by atoms with Crippen LogP contribution in [0.4, 0.5) is 0 Å². The van der Waals surface area contributed by atoms with Crippen molar-refractivity contribution in [2.24, 2.45) is 0 Å². The van der Waals surface area contributed by atoms with E-state index in [4.69, 9.17) is 9.47 Å². The second kappa shape index (κ2) is 7.70. The smallest absolute Gasteiger partial charge is 0.548 e. The molecule has 0 radical (unpaired) electrons. The Balaban J connectivity index is 0.00000196. The molecule has 1 rings (SSSR count). The zero-order chi connectivity index (χ0) is 10.4. The number of carbonyl (C=O) groups is 1. The van der Waals surface area contributed by atoms with Crippen molar-refractivity contribution in [3.63, 3.8) is 0 Å². The van der Waals surface area contributed by atoms with Gasteiger partial charge in [0.05, 0.1) is 26.3 Å². The molecule has 1 aromatic rings. The van der Waals surface area contributed by atoms with E-state index in [-0.39, 0.29) is 42.8 Å². The number of methoxy groups -OCH3 is 1. The molecule has 0 aliphatic carbocycles. The maximum atomic E-state index is 10.0. The van der Waals surface area contributed by atoms with E-state index in [1.165, 1.54) is 0 Å². The topological polar surface area (TPSA) is 58.6 Å². The second-order valence-electron chi connectivity index (χ2n) is 2.71. The van der Waals surface area contributed by atoms with Gasteiger partial charge < -0.3 is 19.4 Å². The standard InChI is InChI=1S/C10H12O4.Na/c1-13-9-4-2-8(3-5-9)6-14-7-10(11)12;/h2-5H,6-7H2,1H3,(H,11,12);/q;+1/p-1. The molecule has 5 heteroatoms. The Morgan fingerprint density at radius 3 is 2.40 bits per heavy atom. The number of carbonyl (C=O) groups excluding carboxylic acids is 1. The molecule has 0 N–H and O–H groups in total. The van der Waals surface area contributed by atoms with Crippen molar-refractivity contribution in [2.45, 2.75) is 6.61 Å². The summed E-state index contributed by atoms with van der Waals surface area (Å²) in [5.41, 5.74) is 0.895. The second-order valence-corrected chi connectivity index (χ2v) is 2.71. The Labute approximate surface area is 110 Å². The van der Waals surface area contributed by atoms with Crippen molar-refractivity contribution in [3.05, 3.63) is 29.8 Å². The third kappa shape index (κ3) is 5.79. The molecule has 4 nitrogen and oxygen atoms in total. The van der Waals surface area contributed by atoms with E-state index in [9.17, 15) is 9.90 Å². The summed E-state index contributed by atoms with van der Waals surface area (Å²) in [6.45, 7) is -0.121. The minimum Gasteiger partial charge on any atom is -0.548 e. The Hall–Kier alpha value is -0.550. The third-order valence-electron chi connectivity index (χ3n) is 1.65. The maximum absolute atomic E-state index is 10.0. The summed E-state index contributed by atoms with van der Waals surface area (Å²) < 4.78 is 9.82. The largest absolute Gasteiger partial charge is 1.00 e. The van der Waals surface area contributed by atoms with Gasteiger partial charge in [-0.3, -0.25) is 0 Å². The average Bonchev–Trinajstić information content (AvgIpc) is 2.18. The van der Waals surface area contributed by atoms with Crippen LogP contribution in [-0.2, 0) is 16.1 Å². The van der Waals surface area contributed by atoms with Crippen LogP contribution >= 0.6 is 0 Å². The molecule has 0 aliphatic heterocycles. The van der Waals surface area contributed by atoms with Crippen LogP contribution in [0.15, 0.2) is 24.3 Å². The van der Waals surface area contributed by atoms with E-state index in [2.05, 4.69) is 0 Å². The van der Waals surface area contributed by atoms with E-state index in [1.54, 1.807) is 19.2 Å². The molecule has 0 spiro atoms. The van der Waals surface area contributed by atoms with Crippen LogP contribution in [-0.4, -0.2) is 19.7 Å². The number of hydrogen-bond acceptors (Lipinski definition) is 4. The molecule has 0 bridgehead atoms. The van der Waals surface area contributed by atoms with Gasteiger partial charge in [0.15, 0.2) is 0 Å². The molecular weight excluding hydrogens is 207 g/mol. The molecular formula is C10H11NaO4. The average molecular weight is 218 g/mol. The monoisotopic (exact) mass is 218 g/mol. The Kier molecular flexibility index (Phi) is 7.42. The van der Waals surface area contributed by atoms with Crippen LogP contribution in [0.25, 0.3) is 0 Å². The van der Waals surface area contributed by atoms with Crippen LogP contribution < -0.4 is 39.4 Å². The fraction of sp³-hybridized carbons (Fsp3) is 0.300. The summed E-state index contributed by atoms with van der Waals surface area (Å²) in [7, 11) is 1.58. The van der Waals surface area contributed by atoms with E-state index in [0.29, 0.717) is 0 Å². The van der Waals surface area contributed by atoms with Gasteiger partial charge in [0.1, 0.15) is 5.75 Å².